The molecule has 0 atom stereocenters. The maximum absolute atomic E-state index is 12.6. The van der Waals surface area contributed by atoms with Gasteiger partial charge in [0.05, 0.1) is 11.5 Å². The number of amides is 1. The molecule has 1 amide bonds. The molecule has 1 aliphatic heterocycles. The lowest BCUT2D eigenvalue weighted by atomic mass is 10.1. The van der Waals surface area contributed by atoms with Crippen LogP contribution in [0.3, 0.4) is 0 Å². The van der Waals surface area contributed by atoms with E-state index in [0.29, 0.717) is 21.8 Å². The monoisotopic (exact) mass is 511 g/mol. The van der Waals surface area contributed by atoms with Crippen LogP contribution in [-0.2, 0) is 9.53 Å². The van der Waals surface area contributed by atoms with Gasteiger partial charge in [-0.3, -0.25) is 4.79 Å². The molecule has 2 aromatic carbocycles. The van der Waals surface area contributed by atoms with Crippen molar-refractivity contribution in [3.8, 4) is 18.1 Å². The molecular formula is C24H18BrNO5S. The van der Waals surface area contributed by atoms with Gasteiger partial charge in [-0.05, 0) is 43.3 Å². The molecule has 0 bridgehead atoms. The fourth-order valence-electron chi connectivity index (χ4n) is 2.75. The van der Waals surface area contributed by atoms with Gasteiger partial charge in [0, 0.05) is 15.6 Å². The van der Waals surface area contributed by atoms with Crippen LogP contribution in [0.4, 0.5) is 0 Å². The summed E-state index contributed by atoms with van der Waals surface area (Å²) < 4.78 is 11.4. The smallest absolute Gasteiger partial charge is 0.344 e. The Labute approximate surface area is 198 Å². The molecule has 32 heavy (non-hydrogen) atoms. The first-order valence-corrected chi connectivity index (χ1v) is 11.1. The van der Waals surface area contributed by atoms with E-state index in [1.54, 1.807) is 61.5 Å². The molecule has 1 aliphatic rings. The topological polar surface area (TPSA) is 85.2 Å². The molecule has 0 fully saturated rings. The van der Waals surface area contributed by atoms with Gasteiger partial charge in [-0.25, -0.2) is 9.79 Å². The summed E-state index contributed by atoms with van der Waals surface area (Å²) in [5.74, 6) is 1.27. The summed E-state index contributed by atoms with van der Waals surface area (Å²) in [6.45, 7) is 1.82. The molecule has 0 radical (unpaired) electrons. The SMILES string of the molecule is C#CCOc1ccc(Br)cc1/C=C1\SC(=NC(=O)c2ccccc2)C(C(=O)OCC)=C1O. The van der Waals surface area contributed by atoms with Crippen molar-refractivity contribution in [1.82, 2.24) is 0 Å². The largest absolute Gasteiger partial charge is 0.506 e. The van der Waals surface area contributed by atoms with Crippen molar-refractivity contribution in [2.75, 3.05) is 13.2 Å². The maximum Gasteiger partial charge on any atom is 0.344 e. The summed E-state index contributed by atoms with van der Waals surface area (Å²) in [6.07, 6.45) is 6.91. The number of aliphatic imine (C=N–C) groups is 1. The molecule has 162 valence electrons. The standard InChI is InChI=1S/C24H18BrNO5S/c1-3-12-31-18-11-10-17(25)13-16(18)14-19-21(27)20(24(29)30-4-2)23(32-19)26-22(28)15-8-6-5-7-9-15/h1,5-11,13-14,27H,4,12H2,2H3/b19-14-,26-23?. The normalized spacial score (nSPS) is 15.7. The average molecular weight is 512 g/mol. The highest BCUT2D eigenvalue weighted by atomic mass is 79.9. The lowest BCUT2D eigenvalue weighted by molar-refractivity contribution is -0.138. The molecule has 0 aromatic heterocycles. The predicted octanol–water partition coefficient (Wildman–Crippen LogP) is 5.16. The number of esters is 1. The molecule has 0 unspecified atom stereocenters. The highest BCUT2D eigenvalue weighted by Gasteiger charge is 2.34. The van der Waals surface area contributed by atoms with Gasteiger partial charge < -0.3 is 14.6 Å². The summed E-state index contributed by atoms with van der Waals surface area (Å²) in [6, 6.07) is 13.7. The average Bonchev–Trinajstić information content (AvgIpc) is 3.08. The van der Waals surface area contributed by atoms with Crippen LogP contribution in [-0.4, -0.2) is 35.2 Å². The van der Waals surface area contributed by atoms with Crippen molar-refractivity contribution in [3.63, 3.8) is 0 Å². The number of hydrogen-bond donors (Lipinski definition) is 1. The lowest BCUT2D eigenvalue weighted by Gasteiger charge is -2.08. The fraction of sp³-hybridized carbons (Fsp3) is 0.125. The van der Waals surface area contributed by atoms with E-state index in [9.17, 15) is 14.7 Å². The zero-order valence-electron chi connectivity index (χ0n) is 17.0. The Kier molecular flexibility index (Phi) is 7.92. The van der Waals surface area contributed by atoms with E-state index in [4.69, 9.17) is 15.9 Å². The lowest BCUT2D eigenvalue weighted by Crippen LogP contribution is -2.14. The highest BCUT2D eigenvalue weighted by Crippen LogP contribution is 2.40. The third-order valence-electron chi connectivity index (χ3n) is 4.16. The Hall–Kier alpha value is -3.28. The van der Waals surface area contributed by atoms with Crippen molar-refractivity contribution in [1.29, 1.82) is 0 Å². The molecule has 1 N–H and O–H groups in total. The molecule has 0 aliphatic carbocycles. The van der Waals surface area contributed by atoms with E-state index in [1.807, 2.05) is 0 Å². The number of carbonyl (C=O) groups excluding carboxylic acids is 2. The van der Waals surface area contributed by atoms with Gasteiger partial charge >= 0.3 is 5.97 Å². The second kappa shape index (κ2) is 10.8. The van der Waals surface area contributed by atoms with Crippen LogP contribution in [0.5, 0.6) is 5.75 Å². The van der Waals surface area contributed by atoms with Crippen LogP contribution in [0.1, 0.15) is 22.8 Å². The first-order valence-electron chi connectivity index (χ1n) is 9.49. The van der Waals surface area contributed by atoms with E-state index >= 15 is 0 Å². The summed E-state index contributed by atoms with van der Waals surface area (Å²) in [5, 5.41) is 10.9. The van der Waals surface area contributed by atoms with E-state index in [-0.39, 0.29) is 29.6 Å². The second-order valence-corrected chi connectivity index (χ2v) is 8.26. The van der Waals surface area contributed by atoms with Gasteiger partial charge in [-0.1, -0.05) is 51.8 Å². The van der Waals surface area contributed by atoms with E-state index in [1.165, 1.54) is 0 Å². The predicted molar refractivity (Wildman–Crippen MR) is 129 cm³/mol. The molecule has 6 nitrogen and oxygen atoms in total. The Bertz CT molecular complexity index is 1180. The molecule has 0 saturated heterocycles. The highest BCUT2D eigenvalue weighted by molar-refractivity contribution is 9.10. The molecular weight excluding hydrogens is 494 g/mol. The number of benzene rings is 2. The van der Waals surface area contributed by atoms with Crippen molar-refractivity contribution in [2.45, 2.75) is 6.92 Å². The molecule has 3 rings (SSSR count). The summed E-state index contributed by atoms with van der Waals surface area (Å²) >= 11 is 4.40. The molecule has 8 heteroatoms. The summed E-state index contributed by atoms with van der Waals surface area (Å²) in [5.41, 5.74) is 0.814. The van der Waals surface area contributed by atoms with Gasteiger partial charge in [0.25, 0.3) is 5.91 Å². The number of halogens is 1. The van der Waals surface area contributed by atoms with Gasteiger partial charge in [0.1, 0.15) is 28.7 Å². The Morgan fingerprint density at radius 3 is 2.69 bits per heavy atom. The maximum atomic E-state index is 12.6. The molecule has 0 spiro atoms. The molecule has 0 saturated carbocycles. The van der Waals surface area contributed by atoms with Crippen LogP contribution >= 0.6 is 27.7 Å². The second-order valence-electron chi connectivity index (χ2n) is 6.32. The fourth-order valence-corrected chi connectivity index (χ4v) is 4.14. The number of hydrogen-bond acceptors (Lipinski definition) is 6. The van der Waals surface area contributed by atoms with Crippen LogP contribution in [0.25, 0.3) is 6.08 Å². The number of rotatable bonds is 6. The quantitative estimate of drug-likeness (QED) is 0.425. The van der Waals surface area contributed by atoms with Crippen LogP contribution in [0, 0.1) is 12.3 Å². The first-order chi connectivity index (χ1) is 15.4. The van der Waals surface area contributed by atoms with Crippen molar-refractivity contribution in [3.05, 3.63) is 80.4 Å². The first kappa shape index (κ1) is 23.4. The van der Waals surface area contributed by atoms with Crippen LogP contribution < -0.4 is 4.74 Å². The van der Waals surface area contributed by atoms with Crippen LogP contribution in [0.15, 0.2) is 74.2 Å². The molecule has 1 heterocycles. The number of thioether (sulfide) groups is 1. The third kappa shape index (κ3) is 5.49. The van der Waals surface area contributed by atoms with Gasteiger partial charge in [0.2, 0.25) is 0 Å². The van der Waals surface area contributed by atoms with Crippen molar-refractivity contribution < 1.29 is 24.2 Å². The van der Waals surface area contributed by atoms with E-state index in [0.717, 1.165) is 16.2 Å². The summed E-state index contributed by atoms with van der Waals surface area (Å²) in [4.78, 5) is 29.5. The third-order valence-corrected chi connectivity index (χ3v) is 5.68. The Morgan fingerprint density at radius 1 is 1.25 bits per heavy atom. The number of aliphatic hydroxyl groups is 1. The number of nitrogens with zero attached hydrogens (tertiary/aromatic N) is 1. The van der Waals surface area contributed by atoms with E-state index in [2.05, 4.69) is 26.8 Å². The van der Waals surface area contributed by atoms with E-state index < -0.39 is 11.9 Å². The van der Waals surface area contributed by atoms with Crippen molar-refractivity contribution in [2.24, 2.45) is 4.99 Å². The molecule has 2 aromatic rings. The number of carbonyl (C=O) groups is 2. The zero-order chi connectivity index (χ0) is 23.1. The summed E-state index contributed by atoms with van der Waals surface area (Å²) in [7, 11) is 0. The van der Waals surface area contributed by atoms with Gasteiger partial charge in [-0.15, -0.1) is 6.42 Å². The number of terminal acetylenes is 1. The Balaban J connectivity index is 2.05. The minimum Gasteiger partial charge on any atom is -0.506 e. The van der Waals surface area contributed by atoms with Crippen LogP contribution in [0.2, 0.25) is 0 Å². The minimum absolute atomic E-state index is 0.0575. The van der Waals surface area contributed by atoms with Gasteiger partial charge in [-0.2, -0.15) is 0 Å². The zero-order valence-corrected chi connectivity index (χ0v) is 19.4. The van der Waals surface area contributed by atoms with Gasteiger partial charge in [0.15, 0.2) is 0 Å². The number of aliphatic hydroxyl groups excluding tert-OH is 1. The Morgan fingerprint density at radius 2 is 2.00 bits per heavy atom. The van der Waals surface area contributed by atoms with Crippen molar-refractivity contribution >= 4 is 50.7 Å². The minimum atomic E-state index is -0.765. The number of ether oxygens (including phenoxy) is 2.